The molecule has 2 atom stereocenters. The van der Waals surface area contributed by atoms with Crippen LogP contribution in [0.5, 0.6) is 0 Å². The lowest BCUT2D eigenvalue weighted by atomic mass is 9.75. The lowest BCUT2D eigenvalue weighted by Gasteiger charge is -2.45. The van der Waals surface area contributed by atoms with E-state index in [0.717, 1.165) is 38.5 Å². The lowest BCUT2D eigenvalue weighted by Crippen LogP contribution is -2.60. The Morgan fingerprint density at radius 2 is 2.05 bits per heavy atom. The molecule has 1 aliphatic carbocycles. The number of hydrogen-bond donors (Lipinski definition) is 2. The van der Waals surface area contributed by atoms with Crippen molar-refractivity contribution in [2.24, 2.45) is 5.92 Å². The smallest absolute Gasteiger partial charge is 0.326 e. The molecule has 2 aliphatic rings. The molecule has 1 saturated heterocycles. The summed E-state index contributed by atoms with van der Waals surface area (Å²) < 4.78 is 0. The number of amides is 2. The van der Waals surface area contributed by atoms with Crippen molar-refractivity contribution in [2.45, 2.75) is 70.4 Å². The minimum absolute atomic E-state index is 0.0816. The van der Waals surface area contributed by atoms with Crippen molar-refractivity contribution in [3.05, 3.63) is 0 Å². The quantitative estimate of drug-likeness (QED) is 0.832. The van der Waals surface area contributed by atoms with E-state index in [1.54, 1.807) is 0 Å². The number of piperidine rings is 1. The molecule has 20 heavy (non-hydrogen) atoms. The zero-order valence-corrected chi connectivity index (χ0v) is 12.5. The summed E-state index contributed by atoms with van der Waals surface area (Å²) in [7, 11) is 0. The Hall–Kier alpha value is -1.26. The van der Waals surface area contributed by atoms with Gasteiger partial charge in [0, 0.05) is 12.1 Å². The van der Waals surface area contributed by atoms with Gasteiger partial charge in [-0.25, -0.2) is 9.59 Å². The van der Waals surface area contributed by atoms with Crippen LogP contribution in [0.2, 0.25) is 0 Å². The highest BCUT2D eigenvalue weighted by atomic mass is 16.4. The Bertz CT molecular complexity index is 374. The number of likely N-dealkylation sites (tertiary alicyclic amines) is 1. The van der Waals surface area contributed by atoms with Crippen molar-refractivity contribution in [2.75, 3.05) is 6.54 Å². The average molecular weight is 282 g/mol. The monoisotopic (exact) mass is 282 g/mol. The van der Waals surface area contributed by atoms with Gasteiger partial charge in [-0.15, -0.1) is 0 Å². The summed E-state index contributed by atoms with van der Waals surface area (Å²) in [6.07, 6.45) is 6.57. The number of carbonyl (C=O) groups is 2. The first-order chi connectivity index (χ1) is 9.51. The Morgan fingerprint density at radius 1 is 1.35 bits per heavy atom. The van der Waals surface area contributed by atoms with E-state index in [-0.39, 0.29) is 11.6 Å². The topological polar surface area (TPSA) is 69.6 Å². The second-order valence-corrected chi connectivity index (χ2v) is 6.26. The molecule has 0 aromatic rings. The minimum atomic E-state index is -0.877. The molecule has 0 aromatic carbocycles. The van der Waals surface area contributed by atoms with Gasteiger partial charge in [0.25, 0.3) is 0 Å². The van der Waals surface area contributed by atoms with Gasteiger partial charge in [0.1, 0.15) is 6.04 Å². The summed E-state index contributed by atoms with van der Waals surface area (Å²) in [5.74, 6) is -0.457. The molecule has 2 rings (SSSR count). The predicted molar refractivity (Wildman–Crippen MR) is 76.5 cm³/mol. The maximum atomic E-state index is 12.4. The van der Waals surface area contributed by atoms with Crippen molar-refractivity contribution in [3.8, 4) is 0 Å². The summed E-state index contributed by atoms with van der Waals surface area (Å²) in [6.45, 7) is 4.72. The van der Waals surface area contributed by atoms with E-state index >= 15 is 0 Å². The predicted octanol–water partition coefficient (Wildman–Crippen LogP) is 2.60. The second kappa shape index (κ2) is 6.02. The van der Waals surface area contributed by atoms with E-state index < -0.39 is 12.0 Å². The molecular weight excluding hydrogens is 256 g/mol. The van der Waals surface area contributed by atoms with Gasteiger partial charge in [-0.3, -0.25) is 0 Å². The largest absolute Gasteiger partial charge is 0.480 e. The first-order valence-electron chi connectivity index (χ1n) is 7.83. The third-order valence-corrected chi connectivity index (χ3v) is 5.19. The maximum absolute atomic E-state index is 12.4. The number of nitrogens with one attached hydrogen (secondary N) is 1. The number of urea groups is 1. The number of hydrogen-bond acceptors (Lipinski definition) is 2. The zero-order valence-electron chi connectivity index (χ0n) is 12.5. The second-order valence-electron chi connectivity index (χ2n) is 6.26. The third-order valence-electron chi connectivity index (χ3n) is 5.19. The number of rotatable bonds is 4. The van der Waals surface area contributed by atoms with E-state index in [1.807, 2.05) is 0 Å². The molecule has 5 nitrogen and oxygen atoms in total. The van der Waals surface area contributed by atoms with Gasteiger partial charge in [0.15, 0.2) is 0 Å². The van der Waals surface area contributed by atoms with Crippen LogP contribution in [0.3, 0.4) is 0 Å². The minimum Gasteiger partial charge on any atom is -0.480 e. The average Bonchev–Trinajstić information content (AvgIpc) is 2.41. The molecule has 2 unspecified atom stereocenters. The van der Waals surface area contributed by atoms with Gasteiger partial charge in [0.2, 0.25) is 0 Å². The van der Waals surface area contributed by atoms with E-state index in [9.17, 15) is 14.7 Å². The molecule has 1 heterocycles. The van der Waals surface area contributed by atoms with Crippen LogP contribution in [-0.4, -0.2) is 40.1 Å². The van der Waals surface area contributed by atoms with Crippen LogP contribution in [0, 0.1) is 5.92 Å². The molecule has 5 heteroatoms. The first-order valence-corrected chi connectivity index (χ1v) is 7.83. The van der Waals surface area contributed by atoms with Crippen molar-refractivity contribution in [1.82, 2.24) is 10.2 Å². The standard InChI is InChI=1S/C15H26N2O3/c1-3-11-6-9-17(12(10-11)13(18)19)14(20)16-15(4-2)7-5-8-15/h11-12H,3-10H2,1-2H3,(H,16,20)(H,18,19). The highest BCUT2D eigenvalue weighted by molar-refractivity contribution is 5.83. The van der Waals surface area contributed by atoms with Crippen LogP contribution in [0.25, 0.3) is 0 Å². The van der Waals surface area contributed by atoms with E-state index in [2.05, 4.69) is 19.2 Å². The molecule has 2 fully saturated rings. The lowest BCUT2D eigenvalue weighted by molar-refractivity contribution is -0.144. The fourth-order valence-corrected chi connectivity index (χ4v) is 3.36. The van der Waals surface area contributed by atoms with Gasteiger partial charge in [-0.1, -0.05) is 20.3 Å². The summed E-state index contributed by atoms with van der Waals surface area (Å²) in [5.41, 5.74) is -0.0816. The number of aliphatic carboxylic acids is 1. The van der Waals surface area contributed by atoms with Crippen LogP contribution in [-0.2, 0) is 4.79 Å². The highest BCUT2D eigenvalue weighted by Gasteiger charge is 2.41. The third kappa shape index (κ3) is 2.91. The van der Waals surface area contributed by atoms with Gasteiger partial charge in [-0.2, -0.15) is 0 Å². The molecule has 2 N–H and O–H groups in total. The van der Waals surface area contributed by atoms with Gasteiger partial charge >= 0.3 is 12.0 Å². The number of carbonyl (C=O) groups excluding carboxylic acids is 1. The summed E-state index contributed by atoms with van der Waals surface area (Å²) >= 11 is 0. The maximum Gasteiger partial charge on any atom is 0.326 e. The molecule has 1 saturated carbocycles. The number of carboxylic acid groups (broad SMARTS) is 1. The molecule has 0 spiro atoms. The van der Waals surface area contributed by atoms with Crippen LogP contribution >= 0.6 is 0 Å². The van der Waals surface area contributed by atoms with Crippen molar-refractivity contribution in [1.29, 1.82) is 0 Å². The van der Waals surface area contributed by atoms with Crippen LogP contribution < -0.4 is 5.32 Å². The van der Waals surface area contributed by atoms with Crippen molar-refractivity contribution < 1.29 is 14.7 Å². The Kier molecular flexibility index (Phi) is 4.55. The fourth-order valence-electron chi connectivity index (χ4n) is 3.36. The Balaban J connectivity index is 2.02. The van der Waals surface area contributed by atoms with E-state index in [4.69, 9.17) is 0 Å². The fraction of sp³-hybridized carbons (Fsp3) is 0.867. The highest BCUT2D eigenvalue weighted by Crippen LogP contribution is 2.35. The van der Waals surface area contributed by atoms with Crippen LogP contribution in [0.1, 0.15) is 58.8 Å². The van der Waals surface area contributed by atoms with Gasteiger partial charge in [0.05, 0.1) is 0 Å². The first kappa shape index (κ1) is 15.1. The molecule has 2 amide bonds. The van der Waals surface area contributed by atoms with Crippen molar-refractivity contribution >= 4 is 12.0 Å². The van der Waals surface area contributed by atoms with Crippen LogP contribution in [0.15, 0.2) is 0 Å². The molecule has 1 aliphatic heterocycles. The van der Waals surface area contributed by atoms with Crippen molar-refractivity contribution in [3.63, 3.8) is 0 Å². The molecule has 114 valence electrons. The number of nitrogens with zero attached hydrogens (tertiary/aromatic N) is 1. The Morgan fingerprint density at radius 3 is 2.50 bits per heavy atom. The van der Waals surface area contributed by atoms with Crippen LogP contribution in [0.4, 0.5) is 4.79 Å². The summed E-state index contributed by atoms with van der Waals surface area (Å²) in [5, 5.41) is 12.5. The van der Waals surface area contributed by atoms with E-state index in [1.165, 1.54) is 4.90 Å². The van der Waals surface area contributed by atoms with Gasteiger partial charge < -0.3 is 15.3 Å². The summed E-state index contributed by atoms with van der Waals surface area (Å²) in [4.78, 5) is 25.4. The van der Waals surface area contributed by atoms with E-state index in [0.29, 0.717) is 18.9 Å². The normalized spacial score (nSPS) is 28.6. The molecule has 0 radical (unpaired) electrons. The molecule has 0 bridgehead atoms. The molecule has 0 aromatic heterocycles. The van der Waals surface area contributed by atoms with Gasteiger partial charge in [-0.05, 0) is 44.4 Å². The Labute approximate surface area is 120 Å². The zero-order chi connectivity index (χ0) is 14.8. The SMILES string of the molecule is CCC1CCN(C(=O)NC2(CC)CCC2)C(C(=O)O)C1. The summed E-state index contributed by atoms with van der Waals surface area (Å²) in [6, 6.07) is -0.851. The number of carboxylic acids is 1. The molecular formula is C15H26N2O3.